The van der Waals surface area contributed by atoms with Gasteiger partial charge in [0.25, 0.3) is 0 Å². The van der Waals surface area contributed by atoms with E-state index >= 15 is 0 Å². The molecule has 2 rings (SSSR count). The molecule has 1 aliphatic heterocycles. The van der Waals surface area contributed by atoms with Crippen molar-refractivity contribution in [3.63, 3.8) is 0 Å². The maximum Gasteiger partial charge on any atom is 0.128 e. The molecule has 2 heterocycles. The van der Waals surface area contributed by atoms with Gasteiger partial charge in [-0.15, -0.1) is 0 Å². The molecule has 3 heteroatoms. The van der Waals surface area contributed by atoms with Crippen LogP contribution in [0.15, 0.2) is 6.20 Å². The summed E-state index contributed by atoms with van der Waals surface area (Å²) >= 11 is 0. The second-order valence-corrected chi connectivity index (χ2v) is 3.42. The maximum atomic E-state index is 4.28. The zero-order valence-corrected chi connectivity index (χ0v) is 7.75. The second-order valence-electron chi connectivity index (χ2n) is 3.42. The molecule has 66 valence electrons. The smallest absolute Gasteiger partial charge is 0.128 e. The van der Waals surface area contributed by atoms with E-state index < -0.39 is 0 Å². The van der Waals surface area contributed by atoms with Gasteiger partial charge >= 0.3 is 0 Å². The monoisotopic (exact) mass is 165 g/mol. The predicted octanol–water partition coefficient (Wildman–Crippen LogP) is 1.33. The average Bonchev–Trinajstić information content (AvgIpc) is 2.64. The van der Waals surface area contributed by atoms with Gasteiger partial charge in [-0.2, -0.15) is 0 Å². The number of nitrogens with zero attached hydrogens (tertiary/aromatic N) is 3. The Labute approximate surface area is 73.0 Å². The molecule has 0 unspecified atom stereocenters. The van der Waals surface area contributed by atoms with Crippen molar-refractivity contribution >= 4 is 5.82 Å². The Kier molecular flexibility index (Phi) is 1.79. The van der Waals surface area contributed by atoms with E-state index in [1.807, 2.05) is 13.1 Å². The van der Waals surface area contributed by atoms with Crippen molar-refractivity contribution in [2.24, 2.45) is 7.05 Å². The molecule has 0 amide bonds. The fourth-order valence-electron chi connectivity index (χ4n) is 1.73. The summed E-state index contributed by atoms with van der Waals surface area (Å²) in [6, 6.07) is 0. The Morgan fingerprint density at radius 3 is 2.50 bits per heavy atom. The third-order valence-electron chi connectivity index (χ3n) is 2.63. The van der Waals surface area contributed by atoms with E-state index in [1.165, 1.54) is 31.7 Å². The Morgan fingerprint density at radius 1 is 1.33 bits per heavy atom. The topological polar surface area (TPSA) is 21.1 Å². The van der Waals surface area contributed by atoms with Crippen LogP contribution in [0.1, 0.15) is 18.7 Å². The van der Waals surface area contributed by atoms with E-state index in [9.17, 15) is 0 Å². The highest BCUT2D eigenvalue weighted by Gasteiger charge is 2.15. The van der Waals surface area contributed by atoms with Crippen LogP contribution < -0.4 is 4.90 Å². The molecule has 1 saturated heterocycles. The average molecular weight is 165 g/mol. The summed E-state index contributed by atoms with van der Waals surface area (Å²) in [5.74, 6) is 2.36. The summed E-state index contributed by atoms with van der Waals surface area (Å²) in [4.78, 5) is 6.68. The van der Waals surface area contributed by atoms with Crippen LogP contribution in [0.5, 0.6) is 0 Å². The van der Waals surface area contributed by atoms with Crippen LogP contribution in [-0.4, -0.2) is 22.6 Å². The second kappa shape index (κ2) is 2.81. The molecule has 0 radical (unpaired) electrons. The van der Waals surface area contributed by atoms with Gasteiger partial charge in [0.15, 0.2) is 0 Å². The summed E-state index contributed by atoms with van der Waals surface area (Å²) in [6.45, 7) is 4.43. The number of anilines is 1. The highest BCUT2D eigenvalue weighted by atomic mass is 15.3. The van der Waals surface area contributed by atoms with Crippen LogP contribution in [0.4, 0.5) is 5.82 Å². The highest BCUT2D eigenvalue weighted by Crippen LogP contribution is 2.19. The van der Waals surface area contributed by atoms with Gasteiger partial charge in [-0.25, -0.2) is 4.98 Å². The fourth-order valence-corrected chi connectivity index (χ4v) is 1.73. The van der Waals surface area contributed by atoms with E-state index in [1.54, 1.807) is 0 Å². The number of imidazole rings is 1. The van der Waals surface area contributed by atoms with Crippen molar-refractivity contribution in [3.05, 3.63) is 12.0 Å². The van der Waals surface area contributed by atoms with Gasteiger partial charge in [0.1, 0.15) is 11.6 Å². The van der Waals surface area contributed by atoms with E-state index in [4.69, 9.17) is 0 Å². The van der Waals surface area contributed by atoms with E-state index in [-0.39, 0.29) is 0 Å². The molecular formula is C9H15N3. The summed E-state index contributed by atoms with van der Waals surface area (Å²) in [6.07, 6.45) is 4.62. The zero-order chi connectivity index (χ0) is 8.55. The molecule has 3 nitrogen and oxygen atoms in total. The van der Waals surface area contributed by atoms with Gasteiger partial charge in [-0.05, 0) is 19.8 Å². The minimum atomic E-state index is 1.09. The normalized spacial score (nSPS) is 17.3. The van der Waals surface area contributed by atoms with Crippen LogP contribution in [0.2, 0.25) is 0 Å². The van der Waals surface area contributed by atoms with Crippen LogP contribution >= 0.6 is 0 Å². The van der Waals surface area contributed by atoms with Gasteiger partial charge in [0, 0.05) is 20.1 Å². The third-order valence-corrected chi connectivity index (χ3v) is 2.63. The summed E-state index contributed by atoms with van der Waals surface area (Å²) in [7, 11) is 2.08. The van der Waals surface area contributed by atoms with Gasteiger partial charge in [0.2, 0.25) is 0 Å². The van der Waals surface area contributed by atoms with Crippen LogP contribution in [0, 0.1) is 6.92 Å². The fraction of sp³-hybridized carbons (Fsp3) is 0.667. The molecule has 12 heavy (non-hydrogen) atoms. The van der Waals surface area contributed by atoms with Gasteiger partial charge in [-0.1, -0.05) is 0 Å². The number of hydrogen-bond acceptors (Lipinski definition) is 2. The molecule has 0 aromatic carbocycles. The first-order valence-corrected chi connectivity index (χ1v) is 4.52. The van der Waals surface area contributed by atoms with E-state index in [0.29, 0.717) is 0 Å². The molecule has 1 fully saturated rings. The van der Waals surface area contributed by atoms with Gasteiger partial charge < -0.3 is 9.47 Å². The molecule has 1 aromatic rings. The Bertz CT molecular complexity index is 271. The van der Waals surface area contributed by atoms with Crippen molar-refractivity contribution in [1.29, 1.82) is 0 Å². The van der Waals surface area contributed by atoms with Crippen molar-refractivity contribution < 1.29 is 0 Å². The van der Waals surface area contributed by atoms with Crippen molar-refractivity contribution in [2.45, 2.75) is 19.8 Å². The van der Waals surface area contributed by atoms with Gasteiger partial charge in [0.05, 0.1) is 6.20 Å². The molecule has 0 saturated carbocycles. The molecular weight excluding hydrogens is 150 g/mol. The lowest BCUT2D eigenvalue weighted by Crippen LogP contribution is -2.20. The summed E-state index contributed by atoms with van der Waals surface area (Å²) in [5, 5.41) is 0. The molecule has 1 aliphatic rings. The minimum absolute atomic E-state index is 1.09. The maximum absolute atomic E-state index is 4.28. The van der Waals surface area contributed by atoms with Crippen LogP contribution in [0.3, 0.4) is 0 Å². The summed E-state index contributed by atoms with van der Waals surface area (Å²) < 4.78 is 2.16. The third kappa shape index (κ3) is 1.09. The Balaban J connectivity index is 2.26. The zero-order valence-electron chi connectivity index (χ0n) is 7.75. The Morgan fingerprint density at radius 2 is 2.00 bits per heavy atom. The molecule has 0 bridgehead atoms. The lowest BCUT2D eigenvalue weighted by atomic mass is 10.4. The number of hydrogen-bond donors (Lipinski definition) is 0. The minimum Gasteiger partial charge on any atom is -0.357 e. The number of aromatic nitrogens is 2. The van der Waals surface area contributed by atoms with Crippen molar-refractivity contribution in [2.75, 3.05) is 18.0 Å². The lowest BCUT2D eigenvalue weighted by Gasteiger charge is -2.17. The standard InChI is InChI=1S/C9H15N3/c1-8-10-7-9(11(8)2)12-5-3-4-6-12/h7H,3-6H2,1-2H3. The van der Waals surface area contributed by atoms with E-state index in [2.05, 4.69) is 21.5 Å². The number of rotatable bonds is 1. The quantitative estimate of drug-likeness (QED) is 0.626. The lowest BCUT2D eigenvalue weighted by molar-refractivity contribution is 0.810. The first kappa shape index (κ1) is 7.65. The molecule has 1 aromatic heterocycles. The first-order chi connectivity index (χ1) is 5.79. The molecule has 0 spiro atoms. The predicted molar refractivity (Wildman–Crippen MR) is 49.4 cm³/mol. The number of aryl methyl sites for hydroxylation is 1. The molecule has 0 aliphatic carbocycles. The molecule has 0 N–H and O–H groups in total. The van der Waals surface area contributed by atoms with Gasteiger partial charge in [-0.3, -0.25) is 0 Å². The van der Waals surface area contributed by atoms with Crippen LogP contribution in [0.25, 0.3) is 0 Å². The first-order valence-electron chi connectivity index (χ1n) is 4.52. The molecule has 0 atom stereocenters. The SMILES string of the molecule is Cc1ncc(N2CCCC2)n1C. The Hall–Kier alpha value is -0.990. The van der Waals surface area contributed by atoms with Crippen molar-refractivity contribution in [1.82, 2.24) is 9.55 Å². The van der Waals surface area contributed by atoms with Crippen LogP contribution in [-0.2, 0) is 7.05 Å². The van der Waals surface area contributed by atoms with Crippen molar-refractivity contribution in [3.8, 4) is 0 Å². The largest absolute Gasteiger partial charge is 0.357 e. The summed E-state index contributed by atoms with van der Waals surface area (Å²) in [5.41, 5.74) is 0. The highest BCUT2D eigenvalue weighted by molar-refractivity contribution is 5.39. The van der Waals surface area contributed by atoms with E-state index in [0.717, 1.165) is 5.82 Å².